The van der Waals surface area contributed by atoms with E-state index in [0.717, 1.165) is 5.69 Å². The highest BCUT2D eigenvalue weighted by Gasteiger charge is 2.08. The highest BCUT2D eigenvalue weighted by molar-refractivity contribution is 6.41. The molecule has 0 fully saturated rings. The van der Waals surface area contributed by atoms with Gasteiger partial charge in [-0.05, 0) is 18.2 Å². The molecule has 0 saturated heterocycles. The van der Waals surface area contributed by atoms with Gasteiger partial charge in [0.1, 0.15) is 22.7 Å². The van der Waals surface area contributed by atoms with Crippen LogP contribution in [0.3, 0.4) is 0 Å². The molecule has 0 saturated carbocycles. The third-order valence-corrected chi connectivity index (χ3v) is 3.37. The molecular weight excluding hydrogens is 271 g/mol. The van der Waals surface area contributed by atoms with Crippen molar-refractivity contribution in [2.75, 3.05) is 5.32 Å². The first-order chi connectivity index (χ1) is 8.61. The van der Waals surface area contributed by atoms with Crippen molar-refractivity contribution < 1.29 is 0 Å². The van der Waals surface area contributed by atoms with Crippen LogP contribution in [0.1, 0.15) is 11.4 Å². The summed E-state index contributed by atoms with van der Waals surface area (Å²) in [5.41, 5.74) is 1.32. The van der Waals surface area contributed by atoms with Crippen LogP contribution in [0.2, 0.25) is 10.2 Å². The van der Waals surface area contributed by atoms with Crippen molar-refractivity contribution in [1.82, 2.24) is 9.55 Å². The summed E-state index contributed by atoms with van der Waals surface area (Å²) in [5.74, 6) is 0.641. The largest absolute Gasteiger partial charge is 0.364 e. The molecule has 2 rings (SSSR count). The van der Waals surface area contributed by atoms with E-state index in [1.165, 1.54) is 0 Å². The second-order valence-corrected chi connectivity index (χ2v) is 4.47. The van der Waals surface area contributed by atoms with Crippen molar-refractivity contribution in [1.29, 1.82) is 5.26 Å². The minimum atomic E-state index is 0.378. The molecule has 92 valence electrons. The van der Waals surface area contributed by atoms with Gasteiger partial charge in [0, 0.05) is 12.7 Å². The van der Waals surface area contributed by atoms with Crippen LogP contribution >= 0.6 is 23.2 Å². The van der Waals surface area contributed by atoms with Crippen molar-refractivity contribution >= 4 is 29.0 Å². The lowest BCUT2D eigenvalue weighted by Crippen LogP contribution is -2.06. The molecule has 0 aliphatic carbocycles. The molecule has 0 unspecified atom stereocenters. The summed E-state index contributed by atoms with van der Waals surface area (Å²) in [6, 6.07) is 9.02. The molecule has 0 atom stereocenters. The molecule has 2 aromatic heterocycles. The second kappa shape index (κ2) is 5.30. The van der Waals surface area contributed by atoms with E-state index in [-0.39, 0.29) is 0 Å². The number of hydrogen-bond donors (Lipinski definition) is 1. The van der Waals surface area contributed by atoms with Gasteiger partial charge in [-0.3, -0.25) is 0 Å². The van der Waals surface area contributed by atoms with Crippen molar-refractivity contribution in [3.05, 3.63) is 45.8 Å². The molecule has 0 amide bonds. The molecule has 1 N–H and O–H groups in total. The van der Waals surface area contributed by atoms with Gasteiger partial charge in [0.15, 0.2) is 0 Å². The Labute approximate surface area is 115 Å². The summed E-state index contributed by atoms with van der Waals surface area (Å²) in [5, 5.41) is 12.9. The standard InChI is InChI=1S/C12H10Cl2N4/c1-18-9(5-10(13)12(18)14)7-16-11-4-2-3-8(6-15)17-11/h2-5H,7H2,1H3,(H,16,17). The van der Waals surface area contributed by atoms with E-state index < -0.39 is 0 Å². The molecule has 0 spiro atoms. The monoisotopic (exact) mass is 280 g/mol. The molecule has 6 heteroatoms. The fourth-order valence-corrected chi connectivity index (χ4v) is 1.95. The summed E-state index contributed by atoms with van der Waals surface area (Å²) in [7, 11) is 1.84. The van der Waals surface area contributed by atoms with Gasteiger partial charge >= 0.3 is 0 Å². The second-order valence-electron chi connectivity index (χ2n) is 3.71. The number of hydrogen-bond acceptors (Lipinski definition) is 3. The Kier molecular flexibility index (Phi) is 3.75. The number of nitrogens with one attached hydrogen (secondary N) is 1. The van der Waals surface area contributed by atoms with Crippen LogP contribution < -0.4 is 5.32 Å². The first-order valence-electron chi connectivity index (χ1n) is 5.22. The zero-order valence-corrected chi connectivity index (χ0v) is 11.1. The molecule has 0 aliphatic heterocycles. The summed E-state index contributed by atoms with van der Waals surface area (Å²) in [6.07, 6.45) is 0. The predicted octanol–water partition coefficient (Wildman–Crippen LogP) is 3.21. The number of nitriles is 1. The van der Waals surface area contributed by atoms with Crippen LogP contribution in [0.15, 0.2) is 24.3 Å². The topological polar surface area (TPSA) is 53.6 Å². The number of anilines is 1. The number of pyridine rings is 1. The van der Waals surface area contributed by atoms with Gasteiger partial charge in [-0.2, -0.15) is 5.26 Å². The Morgan fingerprint density at radius 3 is 2.83 bits per heavy atom. The van der Waals surface area contributed by atoms with E-state index >= 15 is 0 Å². The van der Waals surface area contributed by atoms with Gasteiger partial charge < -0.3 is 9.88 Å². The Hall–Kier alpha value is -1.70. The fraction of sp³-hybridized carbons (Fsp3) is 0.167. The van der Waals surface area contributed by atoms with E-state index in [2.05, 4.69) is 10.3 Å². The fourth-order valence-electron chi connectivity index (χ4n) is 1.54. The van der Waals surface area contributed by atoms with Crippen LogP contribution in [-0.2, 0) is 13.6 Å². The first kappa shape index (κ1) is 12.7. The minimum absolute atomic E-state index is 0.378. The number of rotatable bonds is 3. The predicted molar refractivity (Wildman–Crippen MR) is 71.7 cm³/mol. The molecule has 0 radical (unpaired) electrons. The van der Waals surface area contributed by atoms with Gasteiger partial charge in [-0.15, -0.1) is 0 Å². The average Bonchev–Trinajstić information content (AvgIpc) is 2.64. The maximum atomic E-state index is 8.75. The molecule has 4 nitrogen and oxygen atoms in total. The van der Waals surface area contributed by atoms with Gasteiger partial charge in [0.2, 0.25) is 0 Å². The van der Waals surface area contributed by atoms with Crippen molar-refractivity contribution in [3.8, 4) is 6.07 Å². The van der Waals surface area contributed by atoms with Gasteiger partial charge in [-0.1, -0.05) is 29.3 Å². The van der Waals surface area contributed by atoms with Crippen LogP contribution in [0.25, 0.3) is 0 Å². The molecule has 2 heterocycles. The lowest BCUT2D eigenvalue weighted by atomic mass is 10.3. The SMILES string of the molecule is Cn1c(CNc2cccc(C#N)n2)cc(Cl)c1Cl. The van der Waals surface area contributed by atoms with Gasteiger partial charge in [0.05, 0.1) is 11.6 Å². The van der Waals surface area contributed by atoms with Crippen molar-refractivity contribution in [3.63, 3.8) is 0 Å². The lowest BCUT2D eigenvalue weighted by molar-refractivity contribution is 0.841. The smallest absolute Gasteiger partial charge is 0.142 e. The Balaban J connectivity index is 2.12. The van der Waals surface area contributed by atoms with Crippen LogP contribution in [0.4, 0.5) is 5.82 Å². The van der Waals surface area contributed by atoms with E-state index in [0.29, 0.717) is 28.2 Å². The molecular formula is C12H10Cl2N4. The van der Waals surface area contributed by atoms with Gasteiger partial charge in [-0.25, -0.2) is 4.98 Å². The number of aromatic nitrogens is 2. The summed E-state index contributed by atoms with van der Waals surface area (Å²) >= 11 is 11.9. The first-order valence-corrected chi connectivity index (χ1v) is 5.98. The molecule has 2 aromatic rings. The summed E-state index contributed by atoms with van der Waals surface area (Å²) in [4.78, 5) is 4.12. The lowest BCUT2D eigenvalue weighted by Gasteiger charge is -2.07. The molecule has 0 bridgehead atoms. The quantitative estimate of drug-likeness (QED) is 0.939. The van der Waals surface area contributed by atoms with E-state index in [1.807, 2.05) is 13.1 Å². The molecule has 0 aromatic carbocycles. The third-order valence-electron chi connectivity index (χ3n) is 2.53. The highest BCUT2D eigenvalue weighted by Crippen LogP contribution is 2.25. The minimum Gasteiger partial charge on any atom is -0.364 e. The van der Waals surface area contributed by atoms with Crippen molar-refractivity contribution in [2.24, 2.45) is 7.05 Å². The molecule has 18 heavy (non-hydrogen) atoms. The van der Waals surface area contributed by atoms with E-state index in [1.54, 1.807) is 28.8 Å². The van der Waals surface area contributed by atoms with E-state index in [4.69, 9.17) is 28.5 Å². The highest BCUT2D eigenvalue weighted by atomic mass is 35.5. The average molecular weight is 281 g/mol. The normalized spacial score (nSPS) is 10.1. The summed E-state index contributed by atoms with van der Waals surface area (Å²) in [6.45, 7) is 0.533. The Morgan fingerprint density at radius 1 is 1.44 bits per heavy atom. The number of nitrogens with zero attached hydrogens (tertiary/aromatic N) is 3. The molecule has 0 aliphatic rings. The zero-order valence-electron chi connectivity index (χ0n) is 9.61. The van der Waals surface area contributed by atoms with Gasteiger partial charge in [0.25, 0.3) is 0 Å². The maximum Gasteiger partial charge on any atom is 0.142 e. The third kappa shape index (κ3) is 2.58. The number of halogens is 2. The van der Waals surface area contributed by atoms with E-state index in [9.17, 15) is 0 Å². The summed E-state index contributed by atoms with van der Waals surface area (Å²) < 4.78 is 1.80. The Bertz CT molecular complexity index is 613. The Morgan fingerprint density at radius 2 is 2.22 bits per heavy atom. The van der Waals surface area contributed by atoms with Crippen LogP contribution in [0.5, 0.6) is 0 Å². The van der Waals surface area contributed by atoms with Crippen molar-refractivity contribution in [2.45, 2.75) is 6.54 Å². The zero-order chi connectivity index (χ0) is 13.1. The maximum absolute atomic E-state index is 8.75. The van der Waals surface area contributed by atoms with Crippen LogP contribution in [-0.4, -0.2) is 9.55 Å². The van der Waals surface area contributed by atoms with Crippen LogP contribution in [0, 0.1) is 11.3 Å².